The van der Waals surface area contributed by atoms with Gasteiger partial charge in [-0.25, -0.2) is 17.4 Å². The van der Waals surface area contributed by atoms with Crippen molar-refractivity contribution in [2.24, 2.45) is 0 Å². The Balaban J connectivity index is 1.76. The summed E-state index contributed by atoms with van der Waals surface area (Å²) in [6.45, 7) is 5.86. The molecule has 2 aliphatic rings. The van der Waals surface area contributed by atoms with Crippen molar-refractivity contribution >= 4 is 15.8 Å². The SMILES string of the molecule is C=CCS(=O)(=O)N1CCC(c2cc3n(n2)[C@@H](C(F)(F)F)C[C@@H](C)N3)CC1. The normalized spacial score (nSPS) is 25.5. The summed E-state index contributed by atoms with van der Waals surface area (Å²) in [4.78, 5) is 0. The second-order valence-electron chi connectivity index (χ2n) is 6.98. The molecule has 2 aliphatic heterocycles. The van der Waals surface area contributed by atoms with Gasteiger partial charge in [0.05, 0.1) is 11.4 Å². The van der Waals surface area contributed by atoms with Crippen LogP contribution in [0.15, 0.2) is 18.7 Å². The fourth-order valence-corrected chi connectivity index (χ4v) is 4.94. The van der Waals surface area contributed by atoms with Crippen LogP contribution in [0.5, 0.6) is 0 Å². The molecule has 6 nitrogen and oxygen atoms in total. The molecule has 1 aromatic rings. The second-order valence-corrected chi connectivity index (χ2v) is 8.99. The third-order valence-electron chi connectivity index (χ3n) is 4.99. The standard InChI is InChI=1S/C16H23F3N4O2S/c1-3-8-26(24,25)22-6-4-12(5-7-22)13-10-15-20-11(2)9-14(16(17,18)19)23(15)21-13/h3,10-12,14,20H,1,4-9H2,2H3/t11-,14-/m1/s1. The minimum Gasteiger partial charge on any atom is -0.368 e. The van der Waals surface area contributed by atoms with E-state index in [1.807, 2.05) is 0 Å². The number of nitrogens with zero attached hydrogens (tertiary/aromatic N) is 3. The zero-order chi connectivity index (χ0) is 19.1. The average Bonchev–Trinajstić information content (AvgIpc) is 2.97. The van der Waals surface area contributed by atoms with Crippen molar-refractivity contribution in [1.29, 1.82) is 0 Å². The van der Waals surface area contributed by atoms with Crippen LogP contribution in [-0.4, -0.2) is 53.6 Å². The molecule has 0 bridgehead atoms. The van der Waals surface area contributed by atoms with E-state index in [4.69, 9.17) is 0 Å². The van der Waals surface area contributed by atoms with Crippen molar-refractivity contribution in [2.45, 2.75) is 50.4 Å². The molecule has 0 aliphatic carbocycles. The number of sulfonamides is 1. The van der Waals surface area contributed by atoms with E-state index >= 15 is 0 Å². The van der Waals surface area contributed by atoms with Crippen LogP contribution < -0.4 is 5.32 Å². The summed E-state index contributed by atoms with van der Waals surface area (Å²) < 4.78 is 66.6. The lowest BCUT2D eigenvalue weighted by atomic mass is 9.95. The summed E-state index contributed by atoms with van der Waals surface area (Å²) in [5.41, 5.74) is 0.594. The molecule has 0 spiro atoms. The van der Waals surface area contributed by atoms with Gasteiger partial charge in [-0.2, -0.15) is 18.3 Å². The van der Waals surface area contributed by atoms with Gasteiger partial charge in [-0.05, 0) is 26.2 Å². The van der Waals surface area contributed by atoms with E-state index in [1.54, 1.807) is 13.0 Å². The fourth-order valence-electron chi connectivity index (χ4n) is 3.66. The topological polar surface area (TPSA) is 67.2 Å². The molecule has 0 unspecified atom stereocenters. The Bertz CT molecular complexity index is 767. The molecule has 0 aromatic carbocycles. The van der Waals surface area contributed by atoms with Crippen LogP contribution in [0.4, 0.5) is 19.0 Å². The highest BCUT2D eigenvalue weighted by atomic mass is 32.2. The van der Waals surface area contributed by atoms with E-state index in [1.165, 1.54) is 10.4 Å². The van der Waals surface area contributed by atoms with Gasteiger partial charge in [-0.1, -0.05) is 6.08 Å². The van der Waals surface area contributed by atoms with E-state index in [9.17, 15) is 21.6 Å². The number of anilines is 1. The highest BCUT2D eigenvalue weighted by Gasteiger charge is 2.45. The highest BCUT2D eigenvalue weighted by molar-refractivity contribution is 7.89. The van der Waals surface area contributed by atoms with Crippen molar-refractivity contribution in [3.05, 3.63) is 24.4 Å². The summed E-state index contributed by atoms with van der Waals surface area (Å²) >= 11 is 0. The molecule has 1 fully saturated rings. The summed E-state index contributed by atoms with van der Waals surface area (Å²) in [5.74, 6) is 0.225. The highest BCUT2D eigenvalue weighted by Crippen LogP contribution is 2.41. The Kier molecular flexibility index (Phi) is 5.08. The number of hydrogen-bond donors (Lipinski definition) is 1. The molecule has 0 amide bonds. The molecule has 10 heteroatoms. The maximum Gasteiger partial charge on any atom is 0.410 e. The van der Waals surface area contributed by atoms with Gasteiger partial charge in [-0.15, -0.1) is 6.58 Å². The number of aromatic nitrogens is 2. The number of nitrogens with one attached hydrogen (secondary N) is 1. The number of halogens is 3. The van der Waals surface area contributed by atoms with Crippen molar-refractivity contribution in [1.82, 2.24) is 14.1 Å². The average molecular weight is 392 g/mol. The Morgan fingerprint density at radius 3 is 2.62 bits per heavy atom. The van der Waals surface area contributed by atoms with Crippen molar-refractivity contribution in [3.63, 3.8) is 0 Å². The number of rotatable bonds is 4. The zero-order valence-corrected chi connectivity index (χ0v) is 15.4. The molecule has 1 N–H and O–H groups in total. The number of alkyl halides is 3. The Morgan fingerprint density at radius 2 is 2.04 bits per heavy atom. The molecular weight excluding hydrogens is 369 g/mol. The first-order valence-corrected chi connectivity index (χ1v) is 10.2. The Morgan fingerprint density at radius 1 is 1.38 bits per heavy atom. The third-order valence-corrected chi connectivity index (χ3v) is 6.80. The molecular formula is C16H23F3N4O2S. The first-order chi connectivity index (χ1) is 12.1. The molecule has 3 rings (SSSR count). The minimum absolute atomic E-state index is 0.0470. The monoisotopic (exact) mass is 392 g/mol. The van der Waals surface area contributed by atoms with E-state index in [0.717, 1.165) is 4.68 Å². The summed E-state index contributed by atoms with van der Waals surface area (Å²) in [6, 6.07) is -0.243. The number of fused-ring (bicyclic) bond motifs is 1. The molecule has 0 saturated carbocycles. The Hall–Kier alpha value is -1.55. The largest absolute Gasteiger partial charge is 0.410 e. The first kappa shape index (κ1) is 19.2. The lowest BCUT2D eigenvalue weighted by Crippen LogP contribution is -2.39. The van der Waals surface area contributed by atoms with Gasteiger partial charge in [0, 0.05) is 31.1 Å². The predicted molar refractivity (Wildman–Crippen MR) is 92.6 cm³/mol. The van der Waals surface area contributed by atoms with E-state index in [-0.39, 0.29) is 24.1 Å². The lowest BCUT2D eigenvalue weighted by Gasteiger charge is -2.31. The summed E-state index contributed by atoms with van der Waals surface area (Å²) in [6.07, 6.45) is -1.97. The van der Waals surface area contributed by atoms with Crippen molar-refractivity contribution < 1.29 is 21.6 Å². The van der Waals surface area contributed by atoms with Gasteiger partial charge in [0.25, 0.3) is 0 Å². The fraction of sp³-hybridized carbons (Fsp3) is 0.688. The molecule has 146 valence electrons. The van der Waals surface area contributed by atoms with E-state index in [2.05, 4.69) is 17.0 Å². The van der Waals surface area contributed by atoms with Crippen LogP contribution in [-0.2, 0) is 10.0 Å². The maximum atomic E-state index is 13.3. The quantitative estimate of drug-likeness (QED) is 0.800. The number of piperidine rings is 1. The molecule has 2 atom stereocenters. The minimum atomic E-state index is -4.35. The lowest BCUT2D eigenvalue weighted by molar-refractivity contribution is -0.173. The van der Waals surface area contributed by atoms with Gasteiger partial charge in [0.15, 0.2) is 6.04 Å². The van der Waals surface area contributed by atoms with Crippen LogP contribution in [0.3, 0.4) is 0 Å². The third kappa shape index (κ3) is 3.75. The van der Waals surface area contributed by atoms with Crippen molar-refractivity contribution in [2.75, 3.05) is 24.2 Å². The Labute approximate surface area is 151 Å². The van der Waals surface area contributed by atoms with Crippen LogP contribution in [0.25, 0.3) is 0 Å². The van der Waals surface area contributed by atoms with E-state index in [0.29, 0.717) is 37.4 Å². The molecule has 26 heavy (non-hydrogen) atoms. The molecule has 1 saturated heterocycles. The van der Waals surface area contributed by atoms with Crippen LogP contribution >= 0.6 is 0 Å². The summed E-state index contributed by atoms with van der Waals surface area (Å²) in [7, 11) is -3.35. The van der Waals surface area contributed by atoms with Gasteiger partial charge in [0.1, 0.15) is 5.82 Å². The van der Waals surface area contributed by atoms with E-state index < -0.39 is 22.2 Å². The zero-order valence-electron chi connectivity index (χ0n) is 14.5. The van der Waals surface area contributed by atoms with Gasteiger partial charge in [0.2, 0.25) is 10.0 Å². The smallest absolute Gasteiger partial charge is 0.368 e. The first-order valence-electron chi connectivity index (χ1n) is 8.63. The van der Waals surface area contributed by atoms with Crippen LogP contribution in [0.2, 0.25) is 0 Å². The summed E-state index contributed by atoms with van der Waals surface area (Å²) in [5, 5.41) is 7.28. The number of hydrogen-bond acceptors (Lipinski definition) is 4. The second kappa shape index (κ2) is 6.88. The predicted octanol–water partition coefficient (Wildman–Crippen LogP) is 2.89. The molecule has 0 radical (unpaired) electrons. The van der Waals surface area contributed by atoms with Crippen LogP contribution in [0, 0.1) is 0 Å². The molecule has 3 heterocycles. The van der Waals surface area contributed by atoms with Gasteiger partial charge < -0.3 is 5.32 Å². The van der Waals surface area contributed by atoms with Crippen LogP contribution in [0.1, 0.15) is 43.8 Å². The van der Waals surface area contributed by atoms with Crippen molar-refractivity contribution in [3.8, 4) is 0 Å². The van der Waals surface area contributed by atoms with Gasteiger partial charge >= 0.3 is 6.18 Å². The van der Waals surface area contributed by atoms with Gasteiger partial charge in [-0.3, -0.25) is 0 Å². The maximum absolute atomic E-state index is 13.3. The molecule has 1 aromatic heterocycles.